The van der Waals surface area contributed by atoms with Crippen LogP contribution in [0.25, 0.3) is 0 Å². The largest absolute Gasteiger partial charge is 0.321 e. The van der Waals surface area contributed by atoms with Gasteiger partial charge in [0.1, 0.15) is 11.6 Å². The van der Waals surface area contributed by atoms with Crippen LogP contribution in [0.3, 0.4) is 0 Å². The summed E-state index contributed by atoms with van der Waals surface area (Å²) < 4.78 is 25.9. The smallest absolute Gasteiger partial charge is 0.126 e. The lowest BCUT2D eigenvalue weighted by atomic mass is 9.90. The molecule has 14 heavy (non-hydrogen) atoms. The van der Waals surface area contributed by atoms with Gasteiger partial charge in [0, 0.05) is 11.8 Å². The van der Waals surface area contributed by atoms with Gasteiger partial charge in [-0.2, -0.15) is 11.8 Å². The van der Waals surface area contributed by atoms with Gasteiger partial charge < -0.3 is 5.73 Å². The van der Waals surface area contributed by atoms with Crippen LogP contribution < -0.4 is 5.73 Å². The summed E-state index contributed by atoms with van der Waals surface area (Å²) in [5, 5.41) is 0. The highest BCUT2D eigenvalue weighted by Gasteiger charge is 2.32. The first kappa shape index (κ1) is 9.93. The lowest BCUT2D eigenvalue weighted by Gasteiger charge is -2.23. The maximum absolute atomic E-state index is 12.9. The second-order valence-corrected chi connectivity index (χ2v) is 4.72. The van der Waals surface area contributed by atoms with Crippen LogP contribution in [-0.2, 0) is 5.54 Å². The summed E-state index contributed by atoms with van der Waals surface area (Å²) in [6.45, 7) is 0. The van der Waals surface area contributed by atoms with Crippen LogP contribution in [0.2, 0.25) is 0 Å². The van der Waals surface area contributed by atoms with Gasteiger partial charge in [0.25, 0.3) is 0 Å². The summed E-state index contributed by atoms with van der Waals surface area (Å²) in [4.78, 5) is 0. The zero-order valence-corrected chi connectivity index (χ0v) is 8.41. The van der Waals surface area contributed by atoms with E-state index < -0.39 is 17.2 Å². The predicted molar refractivity (Wildman–Crippen MR) is 54.2 cm³/mol. The van der Waals surface area contributed by atoms with Crippen LogP contribution in [0, 0.1) is 11.6 Å². The van der Waals surface area contributed by atoms with Crippen molar-refractivity contribution in [3.8, 4) is 0 Å². The first-order chi connectivity index (χ1) is 6.60. The lowest BCUT2D eigenvalue weighted by Crippen LogP contribution is -2.36. The number of thioether (sulfide) groups is 1. The maximum Gasteiger partial charge on any atom is 0.126 e. The number of rotatable bonds is 1. The third-order valence-corrected chi connectivity index (χ3v) is 3.70. The van der Waals surface area contributed by atoms with E-state index in [1.807, 2.05) is 0 Å². The molecule has 0 bridgehead atoms. The van der Waals surface area contributed by atoms with E-state index in [9.17, 15) is 8.78 Å². The molecule has 1 saturated heterocycles. The van der Waals surface area contributed by atoms with E-state index in [-0.39, 0.29) is 0 Å². The monoisotopic (exact) mass is 215 g/mol. The van der Waals surface area contributed by atoms with E-state index in [1.54, 1.807) is 11.8 Å². The standard InChI is InChI=1S/C10H11F2NS/c11-8-3-7(4-9(12)5-8)10(13)1-2-14-6-10/h3-5H,1-2,6,13H2. The minimum atomic E-state index is -0.554. The van der Waals surface area contributed by atoms with Crippen molar-refractivity contribution in [2.75, 3.05) is 11.5 Å². The Bertz CT molecular complexity index is 328. The molecule has 1 nitrogen and oxygen atoms in total. The van der Waals surface area contributed by atoms with E-state index >= 15 is 0 Å². The number of hydrogen-bond donors (Lipinski definition) is 1. The van der Waals surface area contributed by atoms with Crippen molar-refractivity contribution >= 4 is 11.8 Å². The molecule has 2 rings (SSSR count). The molecule has 1 aromatic carbocycles. The Balaban J connectivity index is 2.40. The second kappa shape index (κ2) is 3.51. The molecule has 4 heteroatoms. The highest BCUT2D eigenvalue weighted by Crippen LogP contribution is 2.34. The van der Waals surface area contributed by atoms with Gasteiger partial charge in [-0.25, -0.2) is 8.78 Å². The van der Waals surface area contributed by atoms with E-state index in [2.05, 4.69) is 0 Å². The first-order valence-electron chi connectivity index (χ1n) is 4.43. The molecule has 1 aliphatic rings. The number of halogens is 2. The molecule has 1 unspecified atom stereocenters. The fraction of sp³-hybridized carbons (Fsp3) is 0.400. The van der Waals surface area contributed by atoms with Gasteiger partial charge in [0.05, 0.1) is 5.54 Å². The Morgan fingerprint density at radius 1 is 1.21 bits per heavy atom. The highest BCUT2D eigenvalue weighted by molar-refractivity contribution is 7.99. The van der Waals surface area contributed by atoms with Gasteiger partial charge in [0.15, 0.2) is 0 Å². The SMILES string of the molecule is NC1(c2cc(F)cc(F)c2)CCSC1. The highest BCUT2D eigenvalue weighted by atomic mass is 32.2. The molecule has 76 valence electrons. The van der Waals surface area contributed by atoms with E-state index in [4.69, 9.17) is 5.73 Å². The lowest BCUT2D eigenvalue weighted by molar-refractivity contribution is 0.493. The van der Waals surface area contributed by atoms with Crippen molar-refractivity contribution in [2.45, 2.75) is 12.0 Å². The normalized spacial score (nSPS) is 26.8. The molecule has 0 aliphatic carbocycles. The van der Waals surface area contributed by atoms with Crippen LogP contribution in [0.4, 0.5) is 8.78 Å². The maximum atomic E-state index is 12.9. The van der Waals surface area contributed by atoms with Gasteiger partial charge in [-0.15, -0.1) is 0 Å². The average molecular weight is 215 g/mol. The molecular formula is C10H11F2NS. The average Bonchev–Trinajstić information content (AvgIpc) is 2.52. The summed E-state index contributed by atoms with van der Waals surface area (Å²) in [7, 11) is 0. The predicted octanol–water partition coefficient (Wildman–Crippen LogP) is 2.26. The Hall–Kier alpha value is -0.610. The zero-order valence-electron chi connectivity index (χ0n) is 7.59. The summed E-state index contributed by atoms with van der Waals surface area (Å²) in [6.07, 6.45) is 0.778. The van der Waals surface area contributed by atoms with E-state index in [0.717, 1.165) is 24.0 Å². The Kier molecular flexibility index (Phi) is 2.49. The molecule has 0 aromatic heterocycles. The number of benzene rings is 1. The van der Waals surface area contributed by atoms with Crippen LogP contribution in [0.15, 0.2) is 18.2 Å². The van der Waals surface area contributed by atoms with Gasteiger partial charge in [-0.3, -0.25) is 0 Å². The molecule has 1 heterocycles. The van der Waals surface area contributed by atoms with E-state index in [1.165, 1.54) is 12.1 Å². The summed E-state index contributed by atoms with van der Waals surface area (Å²) in [6, 6.07) is 3.53. The molecule has 1 fully saturated rings. The molecule has 0 radical (unpaired) electrons. The molecule has 0 saturated carbocycles. The first-order valence-corrected chi connectivity index (χ1v) is 5.59. The van der Waals surface area contributed by atoms with Gasteiger partial charge in [0.2, 0.25) is 0 Å². The van der Waals surface area contributed by atoms with Crippen molar-refractivity contribution < 1.29 is 8.78 Å². The third-order valence-electron chi connectivity index (χ3n) is 2.49. The van der Waals surface area contributed by atoms with Crippen molar-refractivity contribution in [1.29, 1.82) is 0 Å². The van der Waals surface area contributed by atoms with Crippen LogP contribution >= 0.6 is 11.8 Å². The molecule has 0 spiro atoms. The molecule has 2 N–H and O–H groups in total. The quantitative estimate of drug-likeness (QED) is 0.777. The summed E-state index contributed by atoms with van der Waals surface area (Å²) in [5.74, 6) is 0.577. The summed E-state index contributed by atoms with van der Waals surface area (Å²) >= 11 is 1.72. The van der Waals surface area contributed by atoms with Crippen LogP contribution in [0.1, 0.15) is 12.0 Å². The third kappa shape index (κ3) is 1.77. The van der Waals surface area contributed by atoms with Crippen LogP contribution in [0.5, 0.6) is 0 Å². The second-order valence-electron chi connectivity index (χ2n) is 3.62. The van der Waals surface area contributed by atoms with Gasteiger partial charge >= 0.3 is 0 Å². The van der Waals surface area contributed by atoms with Crippen molar-refractivity contribution in [3.05, 3.63) is 35.4 Å². The van der Waals surface area contributed by atoms with Gasteiger partial charge in [-0.1, -0.05) is 0 Å². The molecular weight excluding hydrogens is 204 g/mol. The zero-order chi connectivity index (χ0) is 10.2. The van der Waals surface area contributed by atoms with E-state index in [0.29, 0.717) is 5.56 Å². The summed E-state index contributed by atoms with van der Waals surface area (Å²) in [5.41, 5.74) is 6.09. The van der Waals surface area contributed by atoms with Crippen molar-refractivity contribution in [1.82, 2.24) is 0 Å². The minimum Gasteiger partial charge on any atom is -0.321 e. The fourth-order valence-corrected chi connectivity index (χ4v) is 2.98. The topological polar surface area (TPSA) is 26.0 Å². The van der Waals surface area contributed by atoms with Crippen LogP contribution in [-0.4, -0.2) is 11.5 Å². The molecule has 1 atom stereocenters. The molecule has 1 aromatic rings. The van der Waals surface area contributed by atoms with Crippen molar-refractivity contribution in [3.63, 3.8) is 0 Å². The van der Waals surface area contributed by atoms with Crippen molar-refractivity contribution in [2.24, 2.45) is 5.73 Å². The minimum absolute atomic E-state index is 0.548. The molecule has 1 aliphatic heterocycles. The molecule has 0 amide bonds. The number of nitrogens with two attached hydrogens (primary N) is 1. The fourth-order valence-electron chi connectivity index (χ4n) is 1.65. The Labute approximate surface area is 85.7 Å². The Morgan fingerprint density at radius 3 is 2.36 bits per heavy atom. The number of hydrogen-bond acceptors (Lipinski definition) is 2. The Morgan fingerprint density at radius 2 is 1.86 bits per heavy atom. The van der Waals surface area contributed by atoms with Gasteiger partial charge in [-0.05, 0) is 29.9 Å².